The zero-order chi connectivity index (χ0) is 11.0. The van der Waals surface area contributed by atoms with Crippen LogP contribution < -0.4 is 0 Å². The number of aryl methyl sites for hydroxylation is 1. The van der Waals surface area contributed by atoms with Gasteiger partial charge < -0.3 is 9.52 Å². The third kappa shape index (κ3) is 1.61. The third-order valence-corrected chi connectivity index (χ3v) is 2.25. The summed E-state index contributed by atoms with van der Waals surface area (Å²) in [6, 6.07) is 1.41. The number of hydrogen-bond acceptors (Lipinski definition) is 3. The smallest absolute Gasteiger partial charge is 0.371 e. The lowest BCUT2D eigenvalue weighted by molar-refractivity contribution is 0.0662. The average molecular weight is 227 g/mol. The van der Waals surface area contributed by atoms with Crippen molar-refractivity contribution in [2.45, 2.75) is 0 Å². The van der Waals surface area contributed by atoms with Gasteiger partial charge in [-0.3, -0.25) is 4.68 Å². The molecule has 2 aromatic heterocycles. The van der Waals surface area contributed by atoms with E-state index in [1.807, 2.05) is 0 Å². The lowest BCUT2D eigenvalue weighted by Crippen LogP contribution is -1.93. The summed E-state index contributed by atoms with van der Waals surface area (Å²) < 4.78 is 6.41. The number of hydrogen-bond donors (Lipinski definition) is 1. The average Bonchev–Trinajstić information content (AvgIpc) is 2.73. The zero-order valence-corrected chi connectivity index (χ0v) is 8.52. The highest BCUT2D eigenvalue weighted by molar-refractivity contribution is 6.33. The van der Waals surface area contributed by atoms with Gasteiger partial charge in [0.25, 0.3) is 0 Å². The molecule has 0 aromatic carbocycles. The molecule has 6 heteroatoms. The van der Waals surface area contributed by atoms with Crippen LogP contribution in [-0.4, -0.2) is 20.9 Å². The number of carboxylic acids is 1. The Balaban J connectivity index is 2.50. The van der Waals surface area contributed by atoms with Gasteiger partial charge >= 0.3 is 5.97 Å². The number of nitrogens with zero attached hydrogens (tertiary/aromatic N) is 2. The molecule has 0 radical (unpaired) electrons. The molecule has 2 aromatic rings. The maximum atomic E-state index is 10.6. The van der Waals surface area contributed by atoms with Crippen molar-refractivity contribution in [2.24, 2.45) is 7.05 Å². The minimum Gasteiger partial charge on any atom is -0.475 e. The number of halogens is 1. The first-order valence-corrected chi connectivity index (χ1v) is 4.47. The summed E-state index contributed by atoms with van der Waals surface area (Å²) in [6.45, 7) is 0. The zero-order valence-electron chi connectivity index (χ0n) is 7.77. The van der Waals surface area contributed by atoms with Gasteiger partial charge in [-0.1, -0.05) is 11.6 Å². The van der Waals surface area contributed by atoms with Crippen molar-refractivity contribution in [3.05, 3.63) is 29.3 Å². The molecule has 0 aliphatic carbocycles. The van der Waals surface area contributed by atoms with Crippen LogP contribution in [0, 0.1) is 0 Å². The molecule has 0 aliphatic rings. The molecule has 15 heavy (non-hydrogen) atoms. The standard InChI is InChI=1S/C9H7ClN2O3/c1-12-8(6(10)3-11-12)5-2-7(9(13)14)15-4-5/h2-4H,1H3,(H,13,14). The maximum absolute atomic E-state index is 10.6. The van der Waals surface area contributed by atoms with Crippen LogP contribution in [0.5, 0.6) is 0 Å². The summed E-state index contributed by atoms with van der Waals surface area (Å²) in [6.07, 6.45) is 2.83. The monoisotopic (exact) mass is 226 g/mol. The molecule has 0 bridgehead atoms. The molecule has 0 spiro atoms. The van der Waals surface area contributed by atoms with E-state index in [1.165, 1.54) is 18.5 Å². The van der Waals surface area contributed by atoms with Crippen molar-refractivity contribution in [1.82, 2.24) is 9.78 Å². The molecule has 78 valence electrons. The van der Waals surface area contributed by atoms with Crippen LogP contribution in [0.2, 0.25) is 5.02 Å². The lowest BCUT2D eigenvalue weighted by Gasteiger charge is -1.97. The first-order chi connectivity index (χ1) is 7.09. The number of aromatic carboxylic acids is 1. The van der Waals surface area contributed by atoms with E-state index in [4.69, 9.17) is 21.1 Å². The van der Waals surface area contributed by atoms with Gasteiger partial charge in [0.1, 0.15) is 6.26 Å². The van der Waals surface area contributed by atoms with Gasteiger partial charge in [0.05, 0.1) is 16.9 Å². The van der Waals surface area contributed by atoms with Gasteiger partial charge in [0.2, 0.25) is 5.76 Å². The van der Waals surface area contributed by atoms with Gasteiger partial charge in [-0.25, -0.2) is 4.79 Å². The Labute approximate surface area is 89.9 Å². The summed E-state index contributed by atoms with van der Waals surface area (Å²) >= 11 is 5.90. The largest absolute Gasteiger partial charge is 0.475 e. The minimum atomic E-state index is -1.11. The van der Waals surface area contributed by atoms with E-state index in [0.717, 1.165) is 0 Å². The number of carboxylic acid groups (broad SMARTS) is 1. The van der Waals surface area contributed by atoms with Gasteiger partial charge in [-0.15, -0.1) is 0 Å². The highest BCUT2D eigenvalue weighted by Crippen LogP contribution is 2.28. The topological polar surface area (TPSA) is 68.3 Å². The van der Waals surface area contributed by atoms with E-state index < -0.39 is 5.97 Å². The molecule has 0 aliphatic heterocycles. The van der Waals surface area contributed by atoms with Crippen LogP contribution in [0.15, 0.2) is 22.9 Å². The van der Waals surface area contributed by atoms with Crippen LogP contribution in [0.1, 0.15) is 10.6 Å². The van der Waals surface area contributed by atoms with E-state index >= 15 is 0 Å². The Morgan fingerprint density at radius 1 is 1.67 bits per heavy atom. The minimum absolute atomic E-state index is 0.123. The Kier molecular flexibility index (Phi) is 2.24. The SMILES string of the molecule is Cn1ncc(Cl)c1-c1coc(C(=O)O)c1. The molecule has 2 heterocycles. The fourth-order valence-electron chi connectivity index (χ4n) is 1.31. The molecule has 0 saturated carbocycles. The predicted octanol–water partition coefficient (Wildman–Crippen LogP) is 2.03. The molecule has 2 rings (SSSR count). The van der Waals surface area contributed by atoms with E-state index in [-0.39, 0.29) is 5.76 Å². The second-order valence-corrected chi connectivity index (χ2v) is 3.38. The van der Waals surface area contributed by atoms with Gasteiger partial charge in [0.15, 0.2) is 0 Å². The van der Waals surface area contributed by atoms with E-state index in [0.29, 0.717) is 16.3 Å². The second kappa shape index (κ2) is 3.43. The van der Waals surface area contributed by atoms with Crippen LogP contribution in [-0.2, 0) is 7.05 Å². The number of aromatic nitrogens is 2. The van der Waals surface area contributed by atoms with Crippen LogP contribution in [0.4, 0.5) is 0 Å². The van der Waals surface area contributed by atoms with E-state index in [1.54, 1.807) is 11.7 Å². The predicted molar refractivity (Wildman–Crippen MR) is 52.9 cm³/mol. The second-order valence-electron chi connectivity index (χ2n) is 2.97. The third-order valence-electron chi connectivity index (χ3n) is 1.98. The van der Waals surface area contributed by atoms with Gasteiger partial charge in [-0.2, -0.15) is 5.10 Å². The first kappa shape index (κ1) is 9.79. The fourth-order valence-corrected chi connectivity index (χ4v) is 1.58. The Morgan fingerprint density at radius 2 is 2.40 bits per heavy atom. The van der Waals surface area contributed by atoms with Crippen molar-refractivity contribution in [3.63, 3.8) is 0 Å². The van der Waals surface area contributed by atoms with Crippen molar-refractivity contribution >= 4 is 17.6 Å². The van der Waals surface area contributed by atoms with Crippen molar-refractivity contribution < 1.29 is 14.3 Å². The highest BCUT2D eigenvalue weighted by Gasteiger charge is 2.15. The Morgan fingerprint density at radius 3 is 2.87 bits per heavy atom. The molecule has 5 nitrogen and oxygen atoms in total. The summed E-state index contributed by atoms with van der Waals surface area (Å²) in [5, 5.41) is 13.1. The van der Waals surface area contributed by atoms with E-state index in [2.05, 4.69) is 5.10 Å². The molecular weight excluding hydrogens is 220 g/mol. The number of carbonyl (C=O) groups is 1. The summed E-state index contributed by atoms with van der Waals surface area (Å²) in [5.41, 5.74) is 1.23. The molecule has 0 unspecified atom stereocenters. The molecule has 0 amide bonds. The number of furan rings is 1. The fraction of sp³-hybridized carbons (Fsp3) is 0.111. The quantitative estimate of drug-likeness (QED) is 0.851. The lowest BCUT2D eigenvalue weighted by atomic mass is 10.2. The van der Waals surface area contributed by atoms with Crippen LogP contribution >= 0.6 is 11.6 Å². The van der Waals surface area contributed by atoms with E-state index in [9.17, 15) is 4.79 Å². The van der Waals surface area contributed by atoms with Crippen molar-refractivity contribution in [1.29, 1.82) is 0 Å². The molecule has 0 saturated heterocycles. The highest BCUT2D eigenvalue weighted by atomic mass is 35.5. The van der Waals surface area contributed by atoms with Crippen LogP contribution in [0.25, 0.3) is 11.3 Å². The van der Waals surface area contributed by atoms with Crippen LogP contribution in [0.3, 0.4) is 0 Å². The normalized spacial score (nSPS) is 10.5. The van der Waals surface area contributed by atoms with Crippen molar-refractivity contribution in [2.75, 3.05) is 0 Å². The number of rotatable bonds is 2. The summed E-state index contributed by atoms with van der Waals surface area (Å²) in [7, 11) is 1.72. The Bertz CT molecular complexity index is 496. The van der Waals surface area contributed by atoms with Crippen molar-refractivity contribution in [3.8, 4) is 11.3 Å². The maximum Gasteiger partial charge on any atom is 0.371 e. The molecular formula is C9H7ClN2O3. The molecule has 1 N–H and O–H groups in total. The van der Waals surface area contributed by atoms with Gasteiger partial charge in [-0.05, 0) is 0 Å². The molecule has 0 atom stereocenters. The summed E-state index contributed by atoms with van der Waals surface area (Å²) in [5.74, 6) is -1.23. The first-order valence-electron chi connectivity index (χ1n) is 4.09. The summed E-state index contributed by atoms with van der Waals surface area (Å²) in [4.78, 5) is 10.6. The van der Waals surface area contributed by atoms with Gasteiger partial charge in [0, 0.05) is 18.7 Å². The Hall–Kier alpha value is -1.75. The molecule has 0 fully saturated rings.